The molecule has 2 fully saturated rings. The third-order valence-corrected chi connectivity index (χ3v) is 7.22. The molecule has 1 aromatic carbocycles. The molecule has 2 aliphatic heterocycles. The van der Waals surface area contributed by atoms with Crippen LogP contribution >= 0.6 is 11.6 Å². The molecule has 202 valence electrons. The predicted molar refractivity (Wildman–Crippen MR) is 120 cm³/mol. The normalized spacial score (nSPS) is 23.1. The smallest absolute Gasteiger partial charge is 0.433 e. The number of alkyl halides is 3. The minimum absolute atomic E-state index is 0.0358. The average Bonchev–Trinajstić information content (AvgIpc) is 3.43. The summed E-state index contributed by atoms with van der Waals surface area (Å²) < 4.78 is 60.3. The van der Waals surface area contributed by atoms with Gasteiger partial charge in [0.05, 0.1) is 11.6 Å². The van der Waals surface area contributed by atoms with Crippen LogP contribution in [0.3, 0.4) is 0 Å². The number of hydrogen-bond donors (Lipinski definition) is 2. The molecule has 1 aliphatic carbocycles. The maximum Gasteiger partial charge on any atom is 0.433 e. The highest BCUT2D eigenvalue weighted by molar-refractivity contribution is 6.32. The van der Waals surface area contributed by atoms with Gasteiger partial charge in [0, 0.05) is 41.4 Å². The number of amides is 4. The molecule has 38 heavy (non-hydrogen) atoms. The van der Waals surface area contributed by atoms with Crippen LogP contribution in [0.1, 0.15) is 58.9 Å². The Morgan fingerprint density at radius 3 is 2.68 bits per heavy atom. The van der Waals surface area contributed by atoms with E-state index in [4.69, 9.17) is 16.3 Å². The number of nitrogens with zero attached hydrogens (tertiary/aromatic N) is 3. The standard InChI is InChI=1S/C23H20ClF4N5O5/c24-14-5-10(19(25)18-13(14)8-32(21(18)36)15-1-2-17(34)31-20(15)35)9-38-22(37)30-11-6-12(7-11)33-16(3-4-29-33)23(26,27)28/h3-5,11-12,15H,1-2,6-9H2,(H,30,37)(H,31,34,35). The first-order valence-electron chi connectivity index (χ1n) is 11.6. The highest BCUT2D eigenvalue weighted by Gasteiger charge is 2.43. The van der Waals surface area contributed by atoms with Crippen molar-refractivity contribution in [2.45, 2.75) is 63.1 Å². The first-order valence-corrected chi connectivity index (χ1v) is 12.0. The summed E-state index contributed by atoms with van der Waals surface area (Å²) in [6, 6.07) is 0.141. The van der Waals surface area contributed by atoms with Crippen molar-refractivity contribution in [3.8, 4) is 0 Å². The van der Waals surface area contributed by atoms with Gasteiger partial charge in [-0.15, -0.1) is 0 Å². The second-order valence-electron chi connectivity index (χ2n) is 9.29. The van der Waals surface area contributed by atoms with Crippen molar-refractivity contribution in [3.63, 3.8) is 0 Å². The zero-order valence-electron chi connectivity index (χ0n) is 19.5. The molecule has 0 bridgehead atoms. The Bertz CT molecular complexity index is 1340. The predicted octanol–water partition coefficient (Wildman–Crippen LogP) is 3.09. The number of carbonyl (C=O) groups is 4. The molecule has 5 rings (SSSR count). The lowest BCUT2D eigenvalue weighted by Crippen LogP contribution is -2.52. The SMILES string of the molecule is O=C1CCC(N2Cc3c(Cl)cc(COC(=O)NC4CC(n5nccc5C(F)(F)F)C4)c(F)c3C2=O)C(=O)N1. The molecule has 3 heterocycles. The summed E-state index contributed by atoms with van der Waals surface area (Å²) >= 11 is 6.27. The molecule has 1 unspecified atom stereocenters. The Morgan fingerprint density at radius 1 is 1.26 bits per heavy atom. The van der Waals surface area contributed by atoms with E-state index in [-0.39, 0.29) is 53.9 Å². The number of ether oxygens (including phenoxy) is 1. The number of aromatic nitrogens is 2. The van der Waals surface area contributed by atoms with Gasteiger partial charge in [-0.05, 0) is 31.4 Å². The molecule has 15 heteroatoms. The Kier molecular flexibility index (Phi) is 6.53. The van der Waals surface area contributed by atoms with E-state index in [1.165, 1.54) is 6.07 Å². The number of benzene rings is 1. The van der Waals surface area contributed by atoms with Gasteiger partial charge in [-0.1, -0.05) is 11.6 Å². The second-order valence-corrected chi connectivity index (χ2v) is 9.69. The molecular formula is C23H20ClF4N5O5. The number of nitrogens with one attached hydrogen (secondary N) is 2. The molecular weight excluding hydrogens is 538 g/mol. The maximum atomic E-state index is 15.3. The van der Waals surface area contributed by atoms with Gasteiger partial charge in [-0.2, -0.15) is 18.3 Å². The molecule has 10 nitrogen and oxygen atoms in total. The number of imide groups is 1. The monoisotopic (exact) mass is 557 g/mol. The fourth-order valence-electron chi connectivity index (χ4n) is 4.90. The quantitative estimate of drug-likeness (QED) is 0.430. The molecule has 4 amide bonds. The van der Waals surface area contributed by atoms with E-state index >= 15 is 4.39 Å². The second kappa shape index (κ2) is 9.57. The lowest BCUT2D eigenvalue weighted by atomic mass is 9.87. The van der Waals surface area contributed by atoms with Crippen LogP contribution in [0, 0.1) is 5.82 Å². The molecule has 1 atom stereocenters. The van der Waals surface area contributed by atoms with Crippen LogP contribution in [-0.4, -0.2) is 50.6 Å². The van der Waals surface area contributed by atoms with Crippen molar-refractivity contribution >= 4 is 35.4 Å². The van der Waals surface area contributed by atoms with Crippen molar-refractivity contribution in [1.29, 1.82) is 0 Å². The van der Waals surface area contributed by atoms with Gasteiger partial charge in [-0.25, -0.2) is 9.18 Å². The van der Waals surface area contributed by atoms with Crippen LogP contribution in [0.15, 0.2) is 18.3 Å². The van der Waals surface area contributed by atoms with E-state index in [1.54, 1.807) is 0 Å². The number of halogens is 5. The van der Waals surface area contributed by atoms with Crippen LogP contribution in [0.5, 0.6) is 0 Å². The molecule has 3 aliphatic rings. The van der Waals surface area contributed by atoms with Crippen LogP contribution in [-0.2, 0) is 33.7 Å². The number of carbonyl (C=O) groups excluding carboxylic acids is 4. The van der Waals surface area contributed by atoms with Gasteiger partial charge in [-0.3, -0.25) is 24.4 Å². The molecule has 2 aromatic rings. The molecule has 0 radical (unpaired) electrons. The summed E-state index contributed by atoms with van der Waals surface area (Å²) in [4.78, 5) is 49.9. The average molecular weight is 558 g/mol. The minimum Gasteiger partial charge on any atom is -0.445 e. The van der Waals surface area contributed by atoms with Crippen LogP contribution in [0.4, 0.5) is 22.4 Å². The lowest BCUT2D eigenvalue weighted by molar-refractivity contribution is -0.146. The lowest BCUT2D eigenvalue weighted by Gasteiger charge is -2.36. The van der Waals surface area contributed by atoms with Crippen molar-refractivity contribution < 1.29 is 41.5 Å². The van der Waals surface area contributed by atoms with E-state index in [0.717, 1.165) is 21.8 Å². The van der Waals surface area contributed by atoms with E-state index in [0.29, 0.717) is 0 Å². The molecule has 2 N–H and O–H groups in total. The van der Waals surface area contributed by atoms with Crippen LogP contribution in [0.2, 0.25) is 5.02 Å². The number of piperidine rings is 1. The van der Waals surface area contributed by atoms with Gasteiger partial charge in [0.1, 0.15) is 24.2 Å². The Labute approximate surface area is 217 Å². The third kappa shape index (κ3) is 4.68. The van der Waals surface area contributed by atoms with Crippen molar-refractivity contribution in [3.05, 3.63) is 51.6 Å². The molecule has 1 saturated carbocycles. The van der Waals surface area contributed by atoms with E-state index in [9.17, 15) is 32.3 Å². The Balaban J connectivity index is 1.19. The largest absolute Gasteiger partial charge is 0.445 e. The Hall–Kier alpha value is -3.68. The Morgan fingerprint density at radius 2 is 2.00 bits per heavy atom. The zero-order valence-corrected chi connectivity index (χ0v) is 20.2. The number of rotatable bonds is 5. The van der Waals surface area contributed by atoms with Gasteiger partial charge >= 0.3 is 12.3 Å². The number of hydrogen-bond acceptors (Lipinski definition) is 6. The van der Waals surface area contributed by atoms with Crippen molar-refractivity contribution in [2.75, 3.05) is 0 Å². The summed E-state index contributed by atoms with van der Waals surface area (Å²) in [6.07, 6.45) is -3.88. The van der Waals surface area contributed by atoms with Gasteiger partial charge in [0.2, 0.25) is 11.8 Å². The van der Waals surface area contributed by atoms with E-state index in [1.807, 2.05) is 0 Å². The number of fused-ring (bicyclic) bond motifs is 1. The van der Waals surface area contributed by atoms with E-state index in [2.05, 4.69) is 15.7 Å². The third-order valence-electron chi connectivity index (χ3n) is 6.88. The first kappa shape index (κ1) is 25.9. The van der Waals surface area contributed by atoms with Gasteiger partial charge in [0.15, 0.2) is 0 Å². The fourth-order valence-corrected chi connectivity index (χ4v) is 5.19. The zero-order chi connectivity index (χ0) is 27.4. The van der Waals surface area contributed by atoms with Crippen molar-refractivity contribution in [2.24, 2.45) is 0 Å². The summed E-state index contributed by atoms with van der Waals surface area (Å²) in [5.41, 5.74) is -1.19. The number of alkyl carbamates (subject to hydrolysis) is 1. The maximum absolute atomic E-state index is 15.3. The summed E-state index contributed by atoms with van der Waals surface area (Å²) in [6.45, 7) is -0.684. The fraction of sp³-hybridized carbons (Fsp3) is 0.435. The van der Waals surface area contributed by atoms with Gasteiger partial charge in [0.25, 0.3) is 5.91 Å². The summed E-state index contributed by atoms with van der Waals surface area (Å²) in [5, 5.41) is 8.42. The van der Waals surface area contributed by atoms with Crippen molar-refractivity contribution in [1.82, 2.24) is 25.3 Å². The summed E-state index contributed by atoms with van der Waals surface area (Å²) in [5.74, 6) is -2.82. The van der Waals surface area contributed by atoms with E-state index < -0.39 is 66.2 Å². The minimum atomic E-state index is -4.55. The highest BCUT2D eigenvalue weighted by Crippen LogP contribution is 2.38. The molecule has 1 saturated heterocycles. The molecule has 0 spiro atoms. The highest BCUT2D eigenvalue weighted by atomic mass is 35.5. The first-order chi connectivity index (χ1) is 17.9. The van der Waals surface area contributed by atoms with Crippen LogP contribution in [0.25, 0.3) is 0 Å². The summed E-state index contributed by atoms with van der Waals surface area (Å²) in [7, 11) is 0. The topological polar surface area (TPSA) is 123 Å². The van der Waals surface area contributed by atoms with Crippen LogP contribution < -0.4 is 10.6 Å². The van der Waals surface area contributed by atoms with Gasteiger partial charge < -0.3 is 15.0 Å². The molecule has 1 aromatic heterocycles.